The first-order chi connectivity index (χ1) is 11.5. The number of ether oxygens (including phenoxy) is 2. The Morgan fingerprint density at radius 2 is 1.83 bits per heavy atom. The van der Waals surface area contributed by atoms with E-state index in [1.165, 1.54) is 0 Å². The number of hydrogen-bond donors (Lipinski definition) is 1. The Balaban J connectivity index is 0.000000561. The van der Waals surface area contributed by atoms with Crippen LogP contribution in [0, 0.1) is 0 Å². The molecule has 0 atom stereocenters. The molecule has 0 saturated carbocycles. The van der Waals surface area contributed by atoms with Gasteiger partial charge in [0.25, 0.3) is 0 Å². The summed E-state index contributed by atoms with van der Waals surface area (Å²) in [5.41, 5.74) is 1.41. The summed E-state index contributed by atoms with van der Waals surface area (Å²) in [5, 5.41) is 8.10. The minimum Gasteiger partial charge on any atom is -0.462 e. The van der Waals surface area contributed by atoms with E-state index in [0.29, 0.717) is 12.2 Å². The minimum absolute atomic E-state index is 0.0465. The molecule has 5 nitrogen and oxygen atoms in total. The predicted octanol–water partition coefficient (Wildman–Crippen LogP) is 2.92. The van der Waals surface area contributed by atoms with Crippen molar-refractivity contribution in [3.8, 4) is 0 Å². The summed E-state index contributed by atoms with van der Waals surface area (Å²) in [5.74, 6) is -0.854. The van der Waals surface area contributed by atoms with Gasteiger partial charge in [0.05, 0.1) is 18.8 Å². The molecular weight excluding hydrogens is 308 g/mol. The fraction of sp³-hybridized carbons (Fsp3) is 0.263. The largest absolute Gasteiger partial charge is 0.462 e. The first kappa shape index (κ1) is 21.3. The van der Waals surface area contributed by atoms with E-state index < -0.39 is 5.97 Å². The summed E-state index contributed by atoms with van der Waals surface area (Å²) >= 11 is 0. The zero-order valence-electron chi connectivity index (χ0n) is 13.9. The Morgan fingerprint density at radius 3 is 2.38 bits per heavy atom. The maximum atomic E-state index is 11.4. The summed E-state index contributed by atoms with van der Waals surface area (Å²) < 4.78 is 9.28. The topological polar surface area (TPSA) is 72.8 Å². The molecule has 24 heavy (non-hydrogen) atoms. The third-order valence-electron chi connectivity index (χ3n) is 2.48. The number of benzene rings is 1. The van der Waals surface area contributed by atoms with Crippen molar-refractivity contribution in [2.75, 3.05) is 19.8 Å². The maximum absolute atomic E-state index is 11.4. The SMILES string of the molecule is C=C(C=Cc1ccccc1)C(=O)OCCC.C=CC(=O)OCCO. The molecule has 0 saturated heterocycles. The smallest absolute Gasteiger partial charge is 0.337 e. The fourth-order valence-corrected chi connectivity index (χ4v) is 1.32. The van der Waals surface area contributed by atoms with Gasteiger partial charge in [0.1, 0.15) is 6.61 Å². The second-order valence-electron chi connectivity index (χ2n) is 4.50. The quantitative estimate of drug-likeness (QED) is 0.450. The average Bonchev–Trinajstić information content (AvgIpc) is 2.63. The molecule has 130 valence electrons. The zero-order valence-corrected chi connectivity index (χ0v) is 13.9. The van der Waals surface area contributed by atoms with E-state index in [-0.39, 0.29) is 19.2 Å². The van der Waals surface area contributed by atoms with E-state index in [4.69, 9.17) is 9.84 Å². The number of aliphatic hydroxyl groups is 1. The third-order valence-corrected chi connectivity index (χ3v) is 2.48. The van der Waals surface area contributed by atoms with Crippen LogP contribution in [-0.2, 0) is 19.1 Å². The Morgan fingerprint density at radius 1 is 1.17 bits per heavy atom. The van der Waals surface area contributed by atoms with Gasteiger partial charge in [-0.2, -0.15) is 0 Å². The molecule has 1 rings (SSSR count). The Kier molecular flexibility index (Phi) is 12.4. The molecule has 0 aliphatic carbocycles. The highest BCUT2D eigenvalue weighted by molar-refractivity contribution is 5.92. The van der Waals surface area contributed by atoms with Gasteiger partial charge in [-0.1, -0.05) is 56.5 Å². The van der Waals surface area contributed by atoms with E-state index in [0.717, 1.165) is 18.1 Å². The third kappa shape index (κ3) is 11.0. The number of carbonyl (C=O) groups excluding carboxylic acids is 2. The molecule has 0 spiro atoms. The fourth-order valence-electron chi connectivity index (χ4n) is 1.32. The molecule has 1 aromatic rings. The highest BCUT2D eigenvalue weighted by Gasteiger charge is 2.03. The molecule has 0 fully saturated rings. The van der Waals surface area contributed by atoms with Gasteiger partial charge in [0.15, 0.2) is 0 Å². The van der Waals surface area contributed by atoms with Crippen molar-refractivity contribution in [2.24, 2.45) is 0 Å². The van der Waals surface area contributed by atoms with Crippen molar-refractivity contribution in [2.45, 2.75) is 13.3 Å². The lowest BCUT2D eigenvalue weighted by atomic mass is 10.2. The zero-order chi connectivity index (χ0) is 18.2. The maximum Gasteiger partial charge on any atom is 0.337 e. The van der Waals surface area contributed by atoms with Crippen LogP contribution in [0.25, 0.3) is 6.08 Å². The van der Waals surface area contributed by atoms with E-state index in [1.54, 1.807) is 6.08 Å². The summed E-state index contributed by atoms with van der Waals surface area (Å²) in [6.45, 7) is 9.12. The number of hydrogen-bond acceptors (Lipinski definition) is 5. The van der Waals surface area contributed by atoms with E-state index in [1.807, 2.05) is 43.3 Å². The molecule has 0 bridgehead atoms. The van der Waals surface area contributed by atoms with Crippen LogP contribution in [0.2, 0.25) is 0 Å². The normalized spacial score (nSPS) is 9.58. The Hall–Kier alpha value is -2.66. The average molecular weight is 332 g/mol. The molecule has 1 N–H and O–H groups in total. The second kappa shape index (κ2) is 14.0. The van der Waals surface area contributed by atoms with Crippen molar-refractivity contribution in [1.82, 2.24) is 0 Å². The van der Waals surface area contributed by atoms with Crippen LogP contribution in [0.1, 0.15) is 18.9 Å². The summed E-state index contributed by atoms with van der Waals surface area (Å²) in [6, 6.07) is 9.75. The summed E-state index contributed by atoms with van der Waals surface area (Å²) in [6.07, 6.45) is 5.39. The van der Waals surface area contributed by atoms with Crippen molar-refractivity contribution >= 4 is 18.0 Å². The monoisotopic (exact) mass is 332 g/mol. The molecule has 0 unspecified atom stereocenters. The highest BCUT2D eigenvalue weighted by atomic mass is 16.5. The lowest BCUT2D eigenvalue weighted by Gasteiger charge is -2.01. The predicted molar refractivity (Wildman–Crippen MR) is 94.1 cm³/mol. The molecule has 0 aliphatic heterocycles. The number of esters is 2. The van der Waals surface area contributed by atoms with E-state index >= 15 is 0 Å². The van der Waals surface area contributed by atoms with Crippen LogP contribution < -0.4 is 0 Å². The van der Waals surface area contributed by atoms with Gasteiger partial charge in [0, 0.05) is 6.08 Å². The molecule has 0 heterocycles. The van der Waals surface area contributed by atoms with E-state index in [9.17, 15) is 9.59 Å². The van der Waals surface area contributed by atoms with E-state index in [2.05, 4.69) is 17.9 Å². The van der Waals surface area contributed by atoms with Gasteiger partial charge >= 0.3 is 11.9 Å². The molecular formula is C19H24O5. The van der Waals surface area contributed by atoms with Gasteiger partial charge in [-0.05, 0) is 18.1 Å². The molecule has 1 aromatic carbocycles. The van der Waals surface area contributed by atoms with Gasteiger partial charge in [-0.25, -0.2) is 9.59 Å². The second-order valence-corrected chi connectivity index (χ2v) is 4.50. The number of carbonyl (C=O) groups is 2. The molecule has 5 heteroatoms. The van der Waals surface area contributed by atoms with Crippen molar-refractivity contribution in [3.63, 3.8) is 0 Å². The van der Waals surface area contributed by atoms with Gasteiger partial charge in [-0.15, -0.1) is 0 Å². The van der Waals surface area contributed by atoms with Crippen LogP contribution in [0.15, 0.2) is 61.2 Å². The summed E-state index contributed by atoms with van der Waals surface area (Å²) in [7, 11) is 0. The Labute approximate surface area is 142 Å². The van der Waals surface area contributed by atoms with Crippen molar-refractivity contribution in [3.05, 3.63) is 66.8 Å². The number of aliphatic hydroxyl groups excluding tert-OH is 1. The van der Waals surface area contributed by atoms with Crippen LogP contribution in [-0.4, -0.2) is 36.9 Å². The standard InChI is InChI=1S/C14H16O2.C5H8O3/c1-3-11-16-14(15)12(2)9-10-13-7-5-4-6-8-13;1-2-5(7)8-4-3-6/h4-10H,2-3,11H2,1H3;2,6H,1,3-4H2. The molecule has 0 amide bonds. The highest BCUT2D eigenvalue weighted by Crippen LogP contribution is 2.05. The lowest BCUT2D eigenvalue weighted by Crippen LogP contribution is -2.05. The molecule has 0 aliphatic rings. The van der Waals surface area contributed by atoms with Crippen LogP contribution in [0.3, 0.4) is 0 Å². The Bertz CT molecular complexity index is 546. The van der Waals surface area contributed by atoms with Crippen LogP contribution in [0.4, 0.5) is 0 Å². The van der Waals surface area contributed by atoms with Crippen LogP contribution >= 0.6 is 0 Å². The van der Waals surface area contributed by atoms with Gasteiger partial charge in [-0.3, -0.25) is 0 Å². The first-order valence-corrected chi connectivity index (χ1v) is 7.54. The van der Waals surface area contributed by atoms with Crippen molar-refractivity contribution < 1.29 is 24.2 Å². The van der Waals surface area contributed by atoms with Gasteiger partial charge < -0.3 is 14.6 Å². The first-order valence-electron chi connectivity index (χ1n) is 7.54. The van der Waals surface area contributed by atoms with Crippen LogP contribution in [0.5, 0.6) is 0 Å². The summed E-state index contributed by atoms with van der Waals surface area (Å²) in [4.78, 5) is 21.5. The molecule has 0 aromatic heterocycles. The lowest BCUT2D eigenvalue weighted by molar-refractivity contribution is -0.139. The van der Waals surface area contributed by atoms with Gasteiger partial charge in [0.2, 0.25) is 0 Å². The minimum atomic E-state index is -0.501. The molecule has 0 radical (unpaired) electrons. The number of rotatable bonds is 8. The van der Waals surface area contributed by atoms with Crippen molar-refractivity contribution in [1.29, 1.82) is 0 Å².